The predicted molar refractivity (Wildman–Crippen MR) is 49.1 cm³/mol. The van der Waals surface area contributed by atoms with Gasteiger partial charge < -0.3 is 0 Å². The first-order valence-electron chi connectivity index (χ1n) is 4.76. The molecule has 1 atom stereocenters. The molecule has 0 aromatic carbocycles. The van der Waals surface area contributed by atoms with Crippen molar-refractivity contribution in [3.05, 3.63) is 0 Å². The molecule has 1 fully saturated rings. The second-order valence-electron chi connectivity index (χ2n) is 3.58. The molecule has 1 saturated heterocycles. The summed E-state index contributed by atoms with van der Waals surface area (Å²) in [6.45, 7) is 0.0809. The molecule has 1 heterocycles. The SMILES string of the molecule is N#CCN1CCN(CC#N)C(C(F)(F)F)C1. The highest BCUT2D eigenvalue weighted by molar-refractivity contribution is 4.93. The van der Waals surface area contributed by atoms with Crippen molar-refractivity contribution in [2.45, 2.75) is 12.2 Å². The fraction of sp³-hybridized carbons (Fsp3) is 0.778. The summed E-state index contributed by atoms with van der Waals surface area (Å²) in [5, 5.41) is 16.9. The van der Waals surface area contributed by atoms with Crippen LogP contribution in [0.15, 0.2) is 0 Å². The number of nitrogens with zero attached hydrogens (tertiary/aromatic N) is 4. The molecular weight excluding hydrogens is 221 g/mol. The minimum atomic E-state index is -4.36. The van der Waals surface area contributed by atoms with Gasteiger partial charge in [0.1, 0.15) is 6.04 Å². The molecule has 0 spiro atoms. The lowest BCUT2D eigenvalue weighted by atomic mass is 10.1. The van der Waals surface area contributed by atoms with Gasteiger partial charge in [-0.25, -0.2) is 0 Å². The van der Waals surface area contributed by atoms with Crippen molar-refractivity contribution in [2.75, 3.05) is 32.7 Å². The Morgan fingerprint density at radius 1 is 1.12 bits per heavy atom. The van der Waals surface area contributed by atoms with Crippen LogP contribution >= 0.6 is 0 Å². The van der Waals surface area contributed by atoms with E-state index in [4.69, 9.17) is 10.5 Å². The van der Waals surface area contributed by atoms with E-state index in [2.05, 4.69) is 0 Å². The number of alkyl halides is 3. The van der Waals surface area contributed by atoms with E-state index in [1.54, 1.807) is 6.07 Å². The van der Waals surface area contributed by atoms with Gasteiger partial charge in [-0.2, -0.15) is 23.7 Å². The van der Waals surface area contributed by atoms with Gasteiger partial charge >= 0.3 is 6.18 Å². The van der Waals surface area contributed by atoms with Gasteiger partial charge in [0.05, 0.1) is 25.2 Å². The average molecular weight is 232 g/mol. The molecule has 0 aromatic rings. The minimum absolute atomic E-state index is 0.00697. The lowest BCUT2D eigenvalue weighted by Crippen LogP contribution is -2.58. The summed E-state index contributed by atoms with van der Waals surface area (Å²) in [6.07, 6.45) is -4.36. The monoisotopic (exact) mass is 232 g/mol. The zero-order chi connectivity index (χ0) is 12.2. The average Bonchev–Trinajstić information content (AvgIpc) is 2.19. The third kappa shape index (κ3) is 3.09. The van der Waals surface area contributed by atoms with E-state index in [9.17, 15) is 13.2 Å². The van der Waals surface area contributed by atoms with Crippen LogP contribution in [0.3, 0.4) is 0 Å². The third-order valence-electron chi connectivity index (χ3n) is 2.52. The first kappa shape index (κ1) is 12.8. The zero-order valence-electron chi connectivity index (χ0n) is 8.54. The molecule has 88 valence electrons. The molecule has 0 radical (unpaired) electrons. The van der Waals surface area contributed by atoms with Crippen LogP contribution in [0.2, 0.25) is 0 Å². The van der Waals surface area contributed by atoms with Crippen LogP contribution in [0.1, 0.15) is 0 Å². The van der Waals surface area contributed by atoms with Gasteiger partial charge in [-0.3, -0.25) is 9.80 Å². The fourth-order valence-corrected chi connectivity index (χ4v) is 1.71. The second-order valence-corrected chi connectivity index (χ2v) is 3.58. The molecule has 16 heavy (non-hydrogen) atoms. The van der Waals surface area contributed by atoms with Crippen molar-refractivity contribution in [1.29, 1.82) is 10.5 Å². The molecule has 0 amide bonds. The van der Waals surface area contributed by atoms with Gasteiger partial charge in [-0.1, -0.05) is 0 Å². The Morgan fingerprint density at radius 3 is 2.25 bits per heavy atom. The molecule has 0 aromatic heterocycles. The molecule has 1 unspecified atom stereocenters. The van der Waals surface area contributed by atoms with Crippen molar-refractivity contribution in [3.8, 4) is 12.1 Å². The Morgan fingerprint density at radius 2 is 1.75 bits per heavy atom. The topological polar surface area (TPSA) is 54.1 Å². The Balaban J connectivity index is 2.71. The number of hydrogen-bond acceptors (Lipinski definition) is 4. The summed E-state index contributed by atoms with van der Waals surface area (Å²) in [5.74, 6) is 0. The number of piperazine rings is 1. The van der Waals surface area contributed by atoms with E-state index >= 15 is 0 Å². The summed E-state index contributed by atoms with van der Waals surface area (Å²) in [4.78, 5) is 2.56. The van der Waals surface area contributed by atoms with Crippen LogP contribution in [0, 0.1) is 22.7 Å². The Bertz CT molecular complexity index is 314. The van der Waals surface area contributed by atoms with E-state index in [0.29, 0.717) is 6.54 Å². The van der Waals surface area contributed by atoms with E-state index in [-0.39, 0.29) is 26.2 Å². The Labute approximate surface area is 91.5 Å². The maximum Gasteiger partial charge on any atom is 0.405 e. The van der Waals surface area contributed by atoms with Gasteiger partial charge in [0.25, 0.3) is 0 Å². The quantitative estimate of drug-likeness (QED) is 0.653. The first-order chi connectivity index (χ1) is 7.49. The Kier molecular flexibility index (Phi) is 4.11. The van der Waals surface area contributed by atoms with Gasteiger partial charge in [0.15, 0.2) is 0 Å². The van der Waals surface area contributed by atoms with Crippen LogP contribution in [0.4, 0.5) is 13.2 Å². The molecule has 0 bridgehead atoms. The van der Waals surface area contributed by atoms with E-state index in [0.717, 1.165) is 4.90 Å². The van der Waals surface area contributed by atoms with Gasteiger partial charge in [0, 0.05) is 19.6 Å². The molecule has 1 rings (SSSR count). The molecule has 7 heteroatoms. The summed E-state index contributed by atoms with van der Waals surface area (Å²) in [6, 6.07) is 1.92. The molecule has 0 saturated carbocycles. The highest BCUT2D eigenvalue weighted by atomic mass is 19.4. The summed E-state index contributed by atoms with van der Waals surface area (Å²) >= 11 is 0. The van der Waals surface area contributed by atoms with Crippen LogP contribution in [-0.4, -0.2) is 54.7 Å². The van der Waals surface area contributed by atoms with Gasteiger partial charge in [-0.15, -0.1) is 0 Å². The maximum atomic E-state index is 12.7. The minimum Gasteiger partial charge on any atom is -0.287 e. The standard InChI is InChI=1S/C9H11F3N4/c10-9(11,12)8-7-15(3-1-13)5-6-16(8)4-2-14/h8H,3-7H2. The summed E-state index contributed by atoms with van der Waals surface area (Å²) < 4.78 is 38.0. The highest BCUT2D eigenvalue weighted by Gasteiger charge is 2.46. The van der Waals surface area contributed by atoms with Crippen LogP contribution in [0.25, 0.3) is 0 Å². The summed E-state index contributed by atoms with van der Waals surface area (Å²) in [5.41, 5.74) is 0. The van der Waals surface area contributed by atoms with Crippen molar-refractivity contribution in [3.63, 3.8) is 0 Å². The van der Waals surface area contributed by atoms with Crippen LogP contribution in [-0.2, 0) is 0 Å². The maximum absolute atomic E-state index is 12.7. The van der Waals surface area contributed by atoms with Gasteiger partial charge in [-0.05, 0) is 0 Å². The Hall–Kier alpha value is -1.31. The normalized spacial score (nSPS) is 23.7. The largest absolute Gasteiger partial charge is 0.405 e. The third-order valence-corrected chi connectivity index (χ3v) is 2.52. The number of nitriles is 2. The molecule has 1 aliphatic heterocycles. The highest BCUT2D eigenvalue weighted by Crippen LogP contribution is 2.27. The van der Waals surface area contributed by atoms with Crippen molar-refractivity contribution in [2.24, 2.45) is 0 Å². The van der Waals surface area contributed by atoms with E-state index in [1.165, 1.54) is 4.90 Å². The smallest absolute Gasteiger partial charge is 0.287 e. The first-order valence-corrected chi connectivity index (χ1v) is 4.76. The lowest BCUT2D eigenvalue weighted by Gasteiger charge is -2.40. The second kappa shape index (κ2) is 5.15. The molecular formula is C9H11F3N4. The van der Waals surface area contributed by atoms with Crippen molar-refractivity contribution in [1.82, 2.24) is 9.80 Å². The fourth-order valence-electron chi connectivity index (χ4n) is 1.71. The number of rotatable bonds is 2. The van der Waals surface area contributed by atoms with E-state index in [1.807, 2.05) is 6.07 Å². The number of hydrogen-bond donors (Lipinski definition) is 0. The van der Waals surface area contributed by atoms with Crippen LogP contribution in [0.5, 0.6) is 0 Å². The zero-order valence-corrected chi connectivity index (χ0v) is 8.54. The van der Waals surface area contributed by atoms with Crippen molar-refractivity contribution >= 4 is 0 Å². The predicted octanol–water partition coefficient (Wildman–Crippen LogP) is 0.582. The summed E-state index contributed by atoms with van der Waals surface area (Å²) in [7, 11) is 0. The number of halogens is 3. The van der Waals surface area contributed by atoms with Gasteiger partial charge in [0.2, 0.25) is 0 Å². The van der Waals surface area contributed by atoms with Crippen molar-refractivity contribution < 1.29 is 13.2 Å². The molecule has 0 N–H and O–H groups in total. The molecule has 0 aliphatic carbocycles. The van der Waals surface area contributed by atoms with E-state index < -0.39 is 12.2 Å². The molecule has 4 nitrogen and oxygen atoms in total. The lowest BCUT2D eigenvalue weighted by molar-refractivity contribution is -0.194. The van der Waals surface area contributed by atoms with Crippen LogP contribution < -0.4 is 0 Å². The molecule has 1 aliphatic rings.